The van der Waals surface area contributed by atoms with Crippen LogP contribution in [0.25, 0.3) is 11.4 Å². The van der Waals surface area contributed by atoms with Crippen LogP contribution in [0.2, 0.25) is 0 Å². The molecule has 0 saturated carbocycles. The molecule has 1 atom stereocenters. The fourth-order valence-electron chi connectivity index (χ4n) is 3.01. The topological polar surface area (TPSA) is 145 Å². The van der Waals surface area contributed by atoms with Gasteiger partial charge in [0, 0.05) is 42.4 Å². The summed E-state index contributed by atoms with van der Waals surface area (Å²) in [7, 11) is 0. The Morgan fingerprint density at radius 3 is 2.57 bits per heavy atom. The first-order chi connectivity index (χ1) is 14.5. The molecule has 9 nitrogen and oxygen atoms in total. The number of hydrogen-bond donors (Lipinski definition) is 4. The highest BCUT2D eigenvalue weighted by molar-refractivity contribution is 5.98. The summed E-state index contributed by atoms with van der Waals surface area (Å²) in [4.78, 5) is 29.1. The quantitative estimate of drug-likeness (QED) is 0.424. The maximum absolute atomic E-state index is 11.9. The minimum absolute atomic E-state index is 0.0239. The van der Waals surface area contributed by atoms with Gasteiger partial charge in [0.25, 0.3) is 5.91 Å². The zero-order valence-electron chi connectivity index (χ0n) is 17.0. The van der Waals surface area contributed by atoms with Gasteiger partial charge in [-0.15, -0.1) is 0 Å². The highest BCUT2D eigenvalue weighted by atomic mass is 16.1. The van der Waals surface area contributed by atoms with Crippen LogP contribution in [0.15, 0.2) is 48.9 Å². The predicted octanol–water partition coefficient (Wildman–Crippen LogP) is 2.56. The number of aromatic nitrogens is 4. The minimum atomic E-state index is -0.621. The first-order valence-electron chi connectivity index (χ1n) is 9.74. The van der Waals surface area contributed by atoms with Crippen molar-refractivity contribution in [1.82, 2.24) is 19.9 Å². The van der Waals surface area contributed by atoms with Crippen LogP contribution in [0, 0.1) is 5.92 Å². The molecule has 0 aliphatic carbocycles. The van der Waals surface area contributed by atoms with Crippen LogP contribution in [0.1, 0.15) is 30.6 Å². The van der Waals surface area contributed by atoms with E-state index >= 15 is 0 Å². The molecule has 0 aliphatic rings. The van der Waals surface area contributed by atoms with Crippen molar-refractivity contribution in [1.29, 1.82) is 0 Å². The van der Waals surface area contributed by atoms with E-state index in [2.05, 4.69) is 44.4 Å². The van der Waals surface area contributed by atoms with Crippen molar-refractivity contribution in [2.24, 2.45) is 17.4 Å². The van der Waals surface area contributed by atoms with Crippen molar-refractivity contribution in [3.63, 3.8) is 0 Å². The molecular formula is C21H26N8O. The second-order valence-corrected chi connectivity index (χ2v) is 7.30. The van der Waals surface area contributed by atoms with E-state index in [0.717, 1.165) is 12.0 Å². The van der Waals surface area contributed by atoms with Gasteiger partial charge in [-0.25, -0.2) is 15.0 Å². The van der Waals surface area contributed by atoms with Crippen molar-refractivity contribution in [3.8, 4) is 11.4 Å². The molecule has 156 valence electrons. The van der Waals surface area contributed by atoms with Crippen LogP contribution < -0.4 is 22.1 Å². The zero-order valence-corrected chi connectivity index (χ0v) is 17.0. The van der Waals surface area contributed by atoms with Crippen molar-refractivity contribution in [3.05, 3.63) is 54.5 Å². The van der Waals surface area contributed by atoms with Crippen LogP contribution in [0.3, 0.4) is 0 Å². The Labute approximate surface area is 175 Å². The molecule has 9 heteroatoms. The number of primary amides is 1. The molecule has 1 amide bonds. The van der Waals surface area contributed by atoms with Gasteiger partial charge in [-0.2, -0.15) is 4.98 Å². The van der Waals surface area contributed by atoms with Gasteiger partial charge in [0.05, 0.1) is 0 Å². The summed E-state index contributed by atoms with van der Waals surface area (Å²) in [6.45, 7) is 4.69. The summed E-state index contributed by atoms with van der Waals surface area (Å²) in [5, 5.41) is 6.39. The van der Waals surface area contributed by atoms with E-state index in [4.69, 9.17) is 11.5 Å². The van der Waals surface area contributed by atoms with Gasteiger partial charge in [0.2, 0.25) is 5.95 Å². The Hall–Kier alpha value is -3.59. The molecule has 3 rings (SSSR count). The van der Waals surface area contributed by atoms with Gasteiger partial charge in [0.1, 0.15) is 11.4 Å². The number of amides is 1. The molecule has 0 unspecified atom stereocenters. The number of benzene rings is 1. The second-order valence-electron chi connectivity index (χ2n) is 7.30. The lowest BCUT2D eigenvalue weighted by molar-refractivity contribution is 0.100. The Morgan fingerprint density at radius 1 is 1.13 bits per heavy atom. The highest BCUT2D eigenvalue weighted by Crippen LogP contribution is 2.24. The summed E-state index contributed by atoms with van der Waals surface area (Å²) < 4.78 is 0. The fraction of sp³-hybridized carbons (Fsp3) is 0.286. The van der Waals surface area contributed by atoms with E-state index in [1.165, 1.54) is 6.20 Å². The second kappa shape index (κ2) is 9.75. The number of hydrogen-bond acceptors (Lipinski definition) is 8. The van der Waals surface area contributed by atoms with E-state index in [1.807, 2.05) is 24.3 Å². The Balaban J connectivity index is 1.88. The summed E-state index contributed by atoms with van der Waals surface area (Å²) in [5.41, 5.74) is 13.1. The van der Waals surface area contributed by atoms with E-state index in [1.54, 1.807) is 18.5 Å². The maximum Gasteiger partial charge on any atom is 0.254 e. The number of anilines is 3. The number of rotatable bonds is 9. The number of nitrogens with two attached hydrogens (primary N) is 2. The van der Waals surface area contributed by atoms with Gasteiger partial charge < -0.3 is 22.1 Å². The molecular weight excluding hydrogens is 380 g/mol. The van der Waals surface area contributed by atoms with Crippen molar-refractivity contribution in [2.75, 3.05) is 17.2 Å². The monoisotopic (exact) mass is 406 g/mol. The van der Waals surface area contributed by atoms with Crippen LogP contribution in [-0.4, -0.2) is 38.4 Å². The van der Waals surface area contributed by atoms with Gasteiger partial charge in [-0.3, -0.25) is 4.79 Å². The standard InChI is InChI=1S/C21H26N8O/c1-13(2)9-16(11-22)28-21-26-12-17(18(23)30)20(29-21)27-15-6-3-5-14(10-15)19-24-7-4-8-25-19/h3-8,10,12-13,16H,9,11,22H2,1-2H3,(H2,23,30)(H2,26,27,28,29)/t16-/m1/s1. The number of nitrogens with one attached hydrogen (secondary N) is 2. The van der Waals surface area contributed by atoms with Gasteiger partial charge >= 0.3 is 0 Å². The van der Waals surface area contributed by atoms with Crippen molar-refractivity contribution >= 4 is 23.4 Å². The normalized spacial score (nSPS) is 11.9. The van der Waals surface area contributed by atoms with E-state index in [0.29, 0.717) is 35.7 Å². The van der Waals surface area contributed by atoms with Gasteiger partial charge in [0.15, 0.2) is 5.82 Å². The molecule has 0 radical (unpaired) electrons. The average molecular weight is 406 g/mol. The third-order valence-corrected chi connectivity index (χ3v) is 4.38. The third-order valence-electron chi connectivity index (χ3n) is 4.38. The molecule has 0 bridgehead atoms. The zero-order chi connectivity index (χ0) is 21.5. The van der Waals surface area contributed by atoms with E-state index in [9.17, 15) is 4.79 Å². The summed E-state index contributed by atoms with van der Waals surface area (Å²) in [6.07, 6.45) is 5.65. The Morgan fingerprint density at radius 2 is 1.90 bits per heavy atom. The molecule has 2 aromatic heterocycles. The molecule has 3 aromatic rings. The molecule has 1 aromatic carbocycles. The molecule has 30 heavy (non-hydrogen) atoms. The van der Waals surface area contributed by atoms with Crippen LogP contribution in [-0.2, 0) is 0 Å². The van der Waals surface area contributed by atoms with Crippen LogP contribution in [0.4, 0.5) is 17.5 Å². The van der Waals surface area contributed by atoms with Crippen molar-refractivity contribution in [2.45, 2.75) is 26.3 Å². The molecule has 0 spiro atoms. The first-order valence-corrected chi connectivity index (χ1v) is 9.74. The Bertz CT molecular complexity index is 993. The largest absolute Gasteiger partial charge is 0.365 e. The SMILES string of the molecule is CC(C)C[C@H](CN)Nc1ncc(C(N)=O)c(Nc2cccc(-c3ncccn3)c2)n1. The van der Waals surface area contributed by atoms with Crippen LogP contribution >= 0.6 is 0 Å². The van der Waals surface area contributed by atoms with Crippen LogP contribution in [0.5, 0.6) is 0 Å². The first kappa shape index (κ1) is 21.1. The molecule has 0 saturated heterocycles. The smallest absolute Gasteiger partial charge is 0.254 e. The lowest BCUT2D eigenvalue weighted by Gasteiger charge is -2.19. The summed E-state index contributed by atoms with van der Waals surface area (Å²) >= 11 is 0. The van der Waals surface area contributed by atoms with Crippen molar-refractivity contribution < 1.29 is 4.79 Å². The summed E-state index contributed by atoms with van der Waals surface area (Å²) in [5.74, 6) is 1.13. The predicted molar refractivity (Wildman–Crippen MR) is 117 cm³/mol. The lowest BCUT2D eigenvalue weighted by atomic mass is 10.0. The Kier molecular flexibility index (Phi) is 6.87. The third kappa shape index (κ3) is 5.48. The fourth-order valence-corrected chi connectivity index (χ4v) is 3.01. The van der Waals surface area contributed by atoms with E-state index < -0.39 is 5.91 Å². The molecule has 2 heterocycles. The number of nitrogens with zero attached hydrogens (tertiary/aromatic N) is 4. The number of carbonyl (C=O) groups is 1. The van der Waals surface area contributed by atoms with Gasteiger partial charge in [-0.05, 0) is 30.5 Å². The minimum Gasteiger partial charge on any atom is -0.365 e. The summed E-state index contributed by atoms with van der Waals surface area (Å²) in [6, 6.07) is 9.28. The number of carbonyl (C=O) groups excluding carboxylic acids is 1. The maximum atomic E-state index is 11.9. The van der Waals surface area contributed by atoms with Gasteiger partial charge in [-0.1, -0.05) is 26.0 Å². The van der Waals surface area contributed by atoms with E-state index in [-0.39, 0.29) is 11.6 Å². The molecule has 0 fully saturated rings. The average Bonchev–Trinajstić information content (AvgIpc) is 2.74. The molecule has 6 N–H and O–H groups in total. The lowest BCUT2D eigenvalue weighted by Crippen LogP contribution is -2.31. The molecule has 0 aliphatic heterocycles. The highest BCUT2D eigenvalue weighted by Gasteiger charge is 2.16.